The van der Waals surface area contributed by atoms with E-state index in [-0.39, 0.29) is 22.9 Å². The van der Waals surface area contributed by atoms with Crippen molar-refractivity contribution in [1.82, 2.24) is 4.90 Å². The molecule has 0 saturated carbocycles. The van der Waals surface area contributed by atoms with Crippen molar-refractivity contribution in [3.05, 3.63) is 33.9 Å². The molecule has 1 unspecified atom stereocenters. The van der Waals surface area contributed by atoms with Gasteiger partial charge in [0.2, 0.25) is 0 Å². The fourth-order valence-corrected chi connectivity index (χ4v) is 1.45. The molecular weight excluding hydrogens is 252 g/mol. The van der Waals surface area contributed by atoms with Gasteiger partial charge in [-0.3, -0.25) is 19.7 Å². The number of likely N-dealkylation sites (N-methyl/N-ethyl adjacent to an activating group) is 1. The second kappa shape index (κ2) is 5.94. The van der Waals surface area contributed by atoms with Crippen LogP contribution in [0.3, 0.4) is 0 Å². The van der Waals surface area contributed by atoms with Crippen LogP contribution in [0.25, 0.3) is 0 Å². The molecule has 0 fully saturated rings. The number of nitrogens with zero attached hydrogens (tertiary/aromatic N) is 2. The van der Waals surface area contributed by atoms with Crippen molar-refractivity contribution in [2.24, 2.45) is 0 Å². The molecule has 0 aromatic heterocycles. The van der Waals surface area contributed by atoms with E-state index in [1.807, 2.05) is 0 Å². The first-order chi connectivity index (χ1) is 8.86. The van der Waals surface area contributed by atoms with Crippen LogP contribution in [0, 0.1) is 10.1 Å². The number of aldehydes is 1. The summed E-state index contributed by atoms with van der Waals surface area (Å²) in [6, 6.07) is 3.80. The number of nitro benzene ring substituents is 1. The Bertz CT molecular complexity index is 513. The Hall–Kier alpha value is -2.44. The van der Waals surface area contributed by atoms with Crippen LogP contribution in [-0.2, 0) is 4.79 Å². The van der Waals surface area contributed by atoms with Crippen LogP contribution in [0.2, 0.25) is 0 Å². The van der Waals surface area contributed by atoms with Gasteiger partial charge in [-0.15, -0.1) is 0 Å². The fraction of sp³-hybridized carbons (Fsp3) is 0.333. The average Bonchev–Trinajstić information content (AvgIpc) is 2.37. The molecule has 0 aliphatic carbocycles. The summed E-state index contributed by atoms with van der Waals surface area (Å²) in [5.74, 6) is -0.355. The number of ether oxygens (including phenoxy) is 1. The lowest BCUT2D eigenvalue weighted by molar-refractivity contribution is -0.386. The van der Waals surface area contributed by atoms with Crippen LogP contribution in [0.15, 0.2) is 18.2 Å². The quantitative estimate of drug-likeness (QED) is 0.454. The molecule has 1 amide bonds. The molecule has 1 atom stereocenters. The number of hydrogen-bond acceptors (Lipinski definition) is 5. The van der Waals surface area contributed by atoms with E-state index in [1.165, 1.54) is 24.0 Å². The van der Waals surface area contributed by atoms with E-state index in [2.05, 4.69) is 0 Å². The van der Waals surface area contributed by atoms with Crippen LogP contribution in [-0.4, -0.2) is 42.2 Å². The number of benzene rings is 1. The first-order valence-corrected chi connectivity index (χ1v) is 5.48. The Morgan fingerprint density at radius 3 is 2.58 bits per heavy atom. The van der Waals surface area contributed by atoms with E-state index in [9.17, 15) is 19.7 Å². The van der Waals surface area contributed by atoms with Crippen molar-refractivity contribution in [1.29, 1.82) is 0 Å². The smallest absolute Gasteiger partial charge is 0.311 e. The summed E-state index contributed by atoms with van der Waals surface area (Å²) < 4.78 is 5.28. The number of nitro groups is 1. The van der Waals surface area contributed by atoms with Crippen molar-refractivity contribution in [3.8, 4) is 5.75 Å². The van der Waals surface area contributed by atoms with Gasteiger partial charge in [-0.25, -0.2) is 0 Å². The third kappa shape index (κ3) is 3.51. The number of amides is 1. The van der Waals surface area contributed by atoms with E-state index < -0.39 is 11.0 Å². The molecule has 102 valence electrons. The summed E-state index contributed by atoms with van der Waals surface area (Å²) in [7, 11) is 3.12. The van der Waals surface area contributed by atoms with Gasteiger partial charge in [-0.2, -0.15) is 0 Å². The predicted octanol–water partition coefficient (Wildman–Crippen LogP) is 1.26. The summed E-state index contributed by atoms with van der Waals surface area (Å²) >= 11 is 0. The lowest BCUT2D eigenvalue weighted by atomic mass is 10.2. The highest BCUT2D eigenvalue weighted by Crippen LogP contribution is 2.28. The van der Waals surface area contributed by atoms with Gasteiger partial charge in [0.15, 0.2) is 11.9 Å². The first kappa shape index (κ1) is 14.6. The summed E-state index contributed by atoms with van der Waals surface area (Å²) in [6.45, 7) is 1.50. The van der Waals surface area contributed by atoms with Gasteiger partial charge in [-0.05, 0) is 19.1 Å². The third-order valence-corrected chi connectivity index (χ3v) is 2.41. The molecule has 0 aliphatic heterocycles. The lowest BCUT2D eigenvalue weighted by Gasteiger charge is -2.18. The molecule has 1 rings (SSSR count). The van der Waals surface area contributed by atoms with Gasteiger partial charge >= 0.3 is 5.69 Å². The van der Waals surface area contributed by atoms with Gasteiger partial charge in [0.1, 0.15) is 6.29 Å². The maximum atomic E-state index is 11.6. The molecule has 0 bridgehead atoms. The molecule has 0 aliphatic rings. The highest BCUT2D eigenvalue weighted by molar-refractivity contribution is 5.81. The van der Waals surface area contributed by atoms with Crippen LogP contribution in [0.5, 0.6) is 5.75 Å². The largest absolute Gasteiger partial charge is 0.474 e. The van der Waals surface area contributed by atoms with Crippen molar-refractivity contribution in [2.45, 2.75) is 13.0 Å². The molecule has 0 spiro atoms. The Kier molecular flexibility index (Phi) is 4.57. The van der Waals surface area contributed by atoms with E-state index >= 15 is 0 Å². The number of hydrogen-bond donors (Lipinski definition) is 0. The SMILES string of the molecule is CC(Oc1ccc(C=O)cc1[N+](=O)[O-])C(=O)N(C)C. The Morgan fingerprint density at radius 1 is 1.47 bits per heavy atom. The first-order valence-electron chi connectivity index (χ1n) is 5.48. The minimum atomic E-state index is -0.851. The van der Waals surface area contributed by atoms with Crippen molar-refractivity contribution in [3.63, 3.8) is 0 Å². The highest BCUT2D eigenvalue weighted by Gasteiger charge is 2.22. The van der Waals surface area contributed by atoms with Crippen LogP contribution in [0.4, 0.5) is 5.69 Å². The predicted molar refractivity (Wildman–Crippen MR) is 67.3 cm³/mol. The molecule has 0 heterocycles. The number of carbonyl (C=O) groups excluding carboxylic acids is 2. The van der Waals surface area contributed by atoms with Crippen molar-refractivity contribution < 1.29 is 19.2 Å². The van der Waals surface area contributed by atoms with Crippen molar-refractivity contribution in [2.75, 3.05) is 14.1 Å². The molecule has 0 radical (unpaired) electrons. The van der Waals surface area contributed by atoms with E-state index in [1.54, 1.807) is 14.1 Å². The summed E-state index contributed by atoms with van der Waals surface area (Å²) in [5.41, 5.74) is -0.173. The zero-order chi connectivity index (χ0) is 14.6. The Morgan fingerprint density at radius 2 is 2.11 bits per heavy atom. The monoisotopic (exact) mass is 266 g/mol. The Balaban J connectivity index is 3.04. The molecule has 0 N–H and O–H groups in total. The molecule has 19 heavy (non-hydrogen) atoms. The summed E-state index contributed by atoms with van der Waals surface area (Å²) in [5, 5.41) is 10.9. The normalized spacial score (nSPS) is 11.5. The minimum Gasteiger partial charge on any atom is -0.474 e. The molecular formula is C12H14N2O5. The fourth-order valence-electron chi connectivity index (χ4n) is 1.45. The van der Waals surface area contributed by atoms with Gasteiger partial charge in [-0.1, -0.05) is 0 Å². The summed E-state index contributed by atoms with van der Waals surface area (Å²) in [4.78, 5) is 33.8. The zero-order valence-electron chi connectivity index (χ0n) is 10.8. The van der Waals surface area contributed by atoms with Crippen LogP contribution in [0.1, 0.15) is 17.3 Å². The molecule has 1 aromatic rings. The number of rotatable bonds is 5. The number of carbonyl (C=O) groups is 2. The van der Waals surface area contributed by atoms with E-state index in [0.717, 1.165) is 6.07 Å². The van der Waals surface area contributed by atoms with Crippen molar-refractivity contribution >= 4 is 17.9 Å². The second-order valence-corrected chi connectivity index (χ2v) is 4.09. The van der Waals surface area contributed by atoms with Gasteiger partial charge < -0.3 is 9.64 Å². The zero-order valence-corrected chi connectivity index (χ0v) is 10.8. The van der Waals surface area contributed by atoms with Crippen LogP contribution < -0.4 is 4.74 Å². The van der Waals surface area contributed by atoms with E-state index in [4.69, 9.17) is 4.74 Å². The second-order valence-electron chi connectivity index (χ2n) is 4.09. The van der Waals surface area contributed by atoms with E-state index in [0.29, 0.717) is 6.29 Å². The maximum Gasteiger partial charge on any atom is 0.311 e. The third-order valence-electron chi connectivity index (χ3n) is 2.41. The minimum absolute atomic E-state index is 0.0432. The lowest BCUT2D eigenvalue weighted by Crippen LogP contribution is -2.35. The average molecular weight is 266 g/mol. The van der Waals surface area contributed by atoms with Gasteiger partial charge in [0.05, 0.1) is 4.92 Å². The molecule has 7 heteroatoms. The molecule has 7 nitrogen and oxygen atoms in total. The Labute approximate surface area is 109 Å². The van der Waals surface area contributed by atoms with Gasteiger partial charge in [0.25, 0.3) is 5.91 Å². The highest BCUT2D eigenvalue weighted by atomic mass is 16.6. The van der Waals surface area contributed by atoms with Crippen LogP contribution >= 0.6 is 0 Å². The summed E-state index contributed by atoms with van der Waals surface area (Å²) in [6.07, 6.45) is -0.346. The molecule has 1 aromatic carbocycles. The molecule has 0 saturated heterocycles. The van der Waals surface area contributed by atoms with Gasteiger partial charge in [0, 0.05) is 25.7 Å². The standard InChI is InChI=1S/C12H14N2O5/c1-8(12(16)13(2)3)19-11-5-4-9(7-15)6-10(11)14(17)18/h4-8H,1-3H3. The topological polar surface area (TPSA) is 89.7 Å². The maximum absolute atomic E-state index is 11.6.